The van der Waals surface area contributed by atoms with Gasteiger partial charge in [0.15, 0.2) is 11.5 Å². The lowest BCUT2D eigenvalue weighted by Crippen LogP contribution is -2.41. The molecule has 6 nitrogen and oxygen atoms in total. The van der Waals surface area contributed by atoms with E-state index < -0.39 is 5.97 Å². The SMILES string of the molecule is CCOc1cc([C@H]2CCCC[C@H]2NC(=O)c2ccc(C(=O)OC)cc2)ccc1OC. The maximum Gasteiger partial charge on any atom is 0.337 e. The highest BCUT2D eigenvalue weighted by Crippen LogP contribution is 2.37. The molecule has 1 saturated carbocycles. The number of rotatable bonds is 7. The predicted molar refractivity (Wildman–Crippen MR) is 114 cm³/mol. The van der Waals surface area contributed by atoms with Crippen molar-refractivity contribution in [1.29, 1.82) is 0 Å². The minimum atomic E-state index is -0.418. The summed E-state index contributed by atoms with van der Waals surface area (Å²) in [5, 5.41) is 3.20. The van der Waals surface area contributed by atoms with Crippen molar-refractivity contribution in [3.05, 3.63) is 59.2 Å². The zero-order valence-corrected chi connectivity index (χ0v) is 17.8. The van der Waals surface area contributed by atoms with Gasteiger partial charge in [0, 0.05) is 17.5 Å². The van der Waals surface area contributed by atoms with Gasteiger partial charge in [0.1, 0.15) is 0 Å². The largest absolute Gasteiger partial charge is 0.493 e. The molecule has 30 heavy (non-hydrogen) atoms. The number of ether oxygens (including phenoxy) is 3. The first-order chi connectivity index (χ1) is 14.6. The molecule has 6 heteroatoms. The summed E-state index contributed by atoms with van der Waals surface area (Å²) < 4.78 is 15.8. The molecule has 160 valence electrons. The smallest absolute Gasteiger partial charge is 0.337 e. The van der Waals surface area contributed by atoms with Gasteiger partial charge in [0.25, 0.3) is 5.91 Å². The van der Waals surface area contributed by atoms with E-state index in [0.29, 0.717) is 23.5 Å². The predicted octanol–water partition coefficient (Wildman–Crippen LogP) is 4.34. The first-order valence-electron chi connectivity index (χ1n) is 10.4. The monoisotopic (exact) mass is 411 g/mol. The fraction of sp³-hybridized carbons (Fsp3) is 0.417. The van der Waals surface area contributed by atoms with Crippen LogP contribution in [-0.2, 0) is 4.74 Å². The van der Waals surface area contributed by atoms with Gasteiger partial charge in [-0.1, -0.05) is 18.9 Å². The molecule has 0 radical (unpaired) electrons. The van der Waals surface area contributed by atoms with Crippen molar-refractivity contribution < 1.29 is 23.8 Å². The van der Waals surface area contributed by atoms with Crippen molar-refractivity contribution in [3.63, 3.8) is 0 Å². The van der Waals surface area contributed by atoms with Crippen LogP contribution in [0.3, 0.4) is 0 Å². The Morgan fingerprint density at radius 3 is 2.33 bits per heavy atom. The molecule has 1 N–H and O–H groups in total. The number of esters is 1. The van der Waals surface area contributed by atoms with Crippen molar-refractivity contribution in [3.8, 4) is 11.5 Å². The minimum absolute atomic E-state index is 0.0365. The van der Waals surface area contributed by atoms with Crippen molar-refractivity contribution in [2.45, 2.75) is 44.6 Å². The fourth-order valence-electron chi connectivity index (χ4n) is 4.02. The number of nitrogens with one attached hydrogen (secondary N) is 1. The molecule has 0 heterocycles. The Labute approximate surface area is 177 Å². The van der Waals surface area contributed by atoms with Crippen LogP contribution >= 0.6 is 0 Å². The molecule has 2 atom stereocenters. The summed E-state index contributed by atoms with van der Waals surface area (Å²) in [6.45, 7) is 2.51. The van der Waals surface area contributed by atoms with E-state index in [1.54, 1.807) is 31.4 Å². The van der Waals surface area contributed by atoms with Gasteiger partial charge in [-0.25, -0.2) is 4.79 Å². The van der Waals surface area contributed by atoms with E-state index in [2.05, 4.69) is 11.4 Å². The number of amides is 1. The van der Waals surface area contributed by atoms with E-state index in [4.69, 9.17) is 14.2 Å². The third-order valence-electron chi connectivity index (χ3n) is 5.57. The van der Waals surface area contributed by atoms with Gasteiger partial charge in [0.05, 0.1) is 26.4 Å². The molecule has 0 bridgehead atoms. The van der Waals surface area contributed by atoms with Crippen molar-refractivity contribution >= 4 is 11.9 Å². The normalized spacial score (nSPS) is 18.4. The van der Waals surface area contributed by atoms with Crippen LogP contribution in [0.25, 0.3) is 0 Å². The van der Waals surface area contributed by atoms with Crippen LogP contribution < -0.4 is 14.8 Å². The number of methoxy groups -OCH3 is 2. The van der Waals surface area contributed by atoms with Crippen LogP contribution in [0.4, 0.5) is 0 Å². The number of carbonyl (C=O) groups excluding carboxylic acids is 2. The fourth-order valence-corrected chi connectivity index (χ4v) is 4.02. The van der Waals surface area contributed by atoms with Gasteiger partial charge < -0.3 is 19.5 Å². The lowest BCUT2D eigenvalue weighted by atomic mass is 9.79. The summed E-state index contributed by atoms with van der Waals surface area (Å²) in [5.41, 5.74) is 2.09. The third-order valence-corrected chi connectivity index (χ3v) is 5.57. The second kappa shape index (κ2) is 10.1. The molecule has 1 fully saturated rings. The van der Waals surface area contributed by atoms with Gasteiger partial charge in [-0.05, 0) is 61.7 Å². The van der Waals surface area contributed by atoms with Gasteiger partial charge in [-0.3, -0.25) is 4.79 Å². The highest BCUT2D eigenvalue weighted by molar-refractivity contribution is 5.96. The van der Waals surface area contributed by atoms with Crippen LogP contribution in [0.1, 0.15) is 64.8 Å². The summed E-state index contributed by atoms with van der Waals surface area (Å²) >= 11 is 0. The lowest BCUT2D eigenvalue weighted by molar-refractivity contribution is 0.0600. The molecule has 1 aliphatic rings. The Hall–Kier alpha value is -3.02. The minimum Gasteiger partial charge on any atom is -0.493 e. The average molecular weight is 411 g/mol. The first-order valence-corrected chi connectivity index (χ1v) is 10.4. The topological polar surface area (TPSA) is 73.9 Å². The van der Waals surface area contributed by atoms with E-state index in [1.807, 2.05) is 19.1 Å². The number of carbonyl (C=O) groups is 2. The Balaban J connectivity index is 1.76. The molecular formula is C24H29NO5. The molecule has 3 rings (SSSR count). The van der Waals surface area contributed by atoms with Crippen LogP contribution in [0, 0.1) is 0 Å². The van der Waals surface area contributed by atoms with E-state index in [1.165, 1.54) is 7.11 Å². The molecule has 0 spiro atoms. The van der Waals surface area contributed by atoms with Crippen LogP contribution in [0.2, 0.25) is 0 Å². The van der Waals surface area contributed by atoms with Crippen molar-refractivity contribution in [2.24, 2.45) is 0 Å². The van der Waals surface area contributed by atoms with Gasteiger partial charge in [-0.2, -0.15) is 0 Å². The Morgan fingerprint density at radius 2 is 1.67 bits per heavy atom. The first kappa shape index (κ1) is 21.7. The number of hydrogen-bond acceptors (Lipinski definition) is 5. The summed E-state index contributed by atoms with van der Waals surface area (Å²) in [5.74, 6) is 1.09. The zero-order valence-electron chi connectivity index (χ0n) is 17.8. The summed E-state index contributed by atoms with van der Waals surface area (Å²) in [6, 6.07) is 12.6. The van der Waals surface area contributed by atoms with E-state index in [9.17, 15) is 9.59 Å². The second-order valence-corrected chi connectivity index (χ2v) is 7.38. The molecule has 1 aliphatic carbocycles. The Kier molecular flexibility index (Phi) is 7.33. The van der Waals surface area contributed by atoms with Crippen LogP contribution in [-0.4, -0.2) is 38.7 Å². The van der Waals surface area contributed by atoms with E-state index >= 15 is 0 Å². The molecule has 2 aromatic rings. The second-order valence-electron chi connectivity index (χ2n) is 7.38. The molecule has 1 amide bonds. The molecule has 0 aliphatic heterocycles. The quantitative estimate of drug-likeness (QED) is 0.686. The molecule has 0 aromatic heterocycles. The Bertz CT molecular complexity index is 878. The van der Waals surface area contributed by atoms with Gasteiger partial charge >= 0.3 is 5.97 Å². The summed E-state index contributed by atoms with van der Waals surface area (Å²) in [6.07, 6.45) is 4.13. The van der Waals surface area contributed by atoms with Crippen molar-refractivity contribution in [1.82, 2.24) is 5.32 Å². The van der Waals surface area contributed by atoms with Crippen LogP contribution in [0.5, 0.6) is 11.5 Å². The molecule has 0 saturated heterocycles. The highest BCUT2D eigenvalue weighted by atomic mass is 16.5. The molecule has 2 aromatic carbocycles. The zero-order chi connectivity index (χ0) is 21.5. The van der Waals surface area contributed by atoms with Gasteiger partial charge in [-0.15, -0.1) is 0 Å². The van der Waals surface area contributed by atoms with E-state index in [0.717, 1.165) is 37.0 Å². The lowest BCUT2D eigenvalue weighted by Gasteiger charge is -2.33. The Morgan fingerprint density at radius 1 is 0.967 bits per heavy atom. The standard InChI is InChI=1S/C24H29NO5/c1-4-30-22-15-18(13-14-21(22)28-2)19-7-5-6-8-20(19)25-23(26)16-9-11-17(12-10-16)24(27)29-3/h9-15,19-20H,4-8H2,1-3H3,(H,25,26)/t19-,20-/m1/s1. The third kappa shape index (κ3) is 4.93. The van der Waals surface area contributed by atoms with Crippen molar-refractivity contribution in [2.75, 3.05) is 20.8 Å². The van der Waals surface area contributed by atoms with Gasteiger partial charge in [0.2, 0.25) is 0 Å². The van der Waals surface area contributed by atoms with Crippen LogP contribution in [0.15, 0.2) is 42.5 Å². The molecule has 0 unspecified atom stereocenters. The average Bonchev–Trinajstić information content (AvgIpc) is 2.79. The number of hydrogen-bond donors (Lipinski definition) is 1. The highest BCUT2D eigenvalue weighted by Gasteiger charge is 2.29. The number of benzene rings is 2. The maximum absolute atomic E-state index is 12.8. The summed E-state index contributed by atoms with van der Waals surface area (Å²) in [4.78, 5) is 24.4. The maximum atomic E-state index is 12.8. The summed E-state index contributed by atoms with van der Waals surface area (Å²) in [7, 11) is 2.97. The molecular weight excluding hydrogens is 382 g/mol. The van der Waals surface area contributed by atoms with E-state index in [-0.39, 0.29) is 17.9 Å².